The molecule has 0 aliphatic carbocycles. The van der Waals surface area contributed by atoms with Crippen LogP contribution in [0.15, 0.2) is 115 Å². The van der Waals surface area contributed by atoms with E-state index in [0.29, 0.717) is 5.56 Å². The highest BCUT2D eigenvalue weighted by atomic mass is 16.2. The van der Waals surface area contributed by atoms with Crippen molar-refractivity contribution in [2.75, 3.05) is 0 Å². The van der Waals surface area contributed by atoms with Crippen LogP contribution in [0.5, 0.6) is 0 Å². The zero-order chi connectivity index (χ0) is 26.0. The van der Waals surface area contributed by atoms with E-state index in [2.05, 4.69) is 0 Å². The molecule has 4 aromatic carbocycles. The Balaban J connectivity index is 1.72. The van der Waals surface area contributed by atoms with Crippen LogP contribution < -0.4 is 0 Å². The van der Waals surface area contributed by atoms with E-state index in [9.17, 15) is 14.4 Å². The van der Waals surface area contributed by atoms with Crippen LogP contribution in [0.2, 0.25) is 0 Å². The van der Waals surface area contributed by atoms with Crippen molar-refractivity contribution in [3.05, 3.63) is 143 Å². The molecule has 0 spiro atoms. The van der Waals surface area contributed by atoms with E-state index in [4.69, 9.17) is 0 Å². The molecule has 2 amide bonds. The Kier molecular flexibility index (Phi) is 6.34. The van der Waals surface area contributed by atoms with Gasteiger partial charge in [0.2, 0.25) is 11.8 Å². The molecule has 5 rings (SSSR count). The molecular formula is C33H29NO3. The fourth-order valence-corrected chi connectivity index (χ4v) is 5.67. The normalized spacial score (nSPS) is 18.6. The van der Waals surface area contributed by atoms with E-state index in [0.717, 1.165) is 28.5 Å². The Morgan fingerprint density at radius 2 is 1.16 bits per heavy atom. The predicted molar refractivity (Wildman–Crippen MR) is 144 cm³/mol. The molecule has 0 bridgehead atoms. The third-order valence-electron chi connectivity index (χ3n) is 7.90. The third-order valence-corrected chi connectivity index (χ3v) is 7.90. The van der Waals surface area contributed by atoms with Crippen LogP contribution >= 0.6 is 0 Å². The van der Waals surface area contributed by atoms with E-state index >= 15 is 0 Å². The molecule has 1 heterocycles. The molecule has 1 aliphatic heterocycles. The van der Waals surface area contributed by atoms with E-state index in [-0.39, 0.29) is 24.2 Å². The summed E-state index contributed by atoms with van der Waals surface area (Å²) >= 11 is 0. The zero-order valence-corrected chi connectivity index (χ0v) is 21.0. The lowest BCUT2D eigenvalue weighted by Gasteiger charge is -2.43. The molecule has 0 saturated carbocycles. The van der Waals surface area contributed by atoms with Gasteiger partial charge in [0, 0.05) is 12.0 Å². The Morgan fingerprint density at radius 1 is 0.730 bits per heavy atom. The molecule has 184 valence electrons. The van der Waals surface area contributed by atoms with E-state index < -0.39 is 11.0 Å². The van der Waals surface area contributed by atoms with Crippen molar-refractivity contribution in [2.45, 2.75) is 31.7 Å². The SMILES string of the molecule is CC(c1ccc(C=O)cc1)[C@]1(C)CC(=O)N(C(c2ccccc2)(c2ccccc2)c2ccccc2)C1=O. The minimum Gasteiger partial charge on any atom is -0.298 e. The predicted octanol–water partition coefficient (Wildman–Crippen LogP) is 6.36. The van der Waals surface area contributed by atoms with Gasteiger partial charge < -0.3 is 0 Å². The van der Waals surface area contributed by atoms with Gasteiger partial charge in [0.1, 0.15) is 11.8 Å². The van der Waals surface area contributed by atoms with E-state index in [1.807, 2.05) is 117 Å². The number of imide groups is 1. The van der Waals surface area contributed by atoms with Gasteiger partial charge in [-0.1, -0.05) is 122 Å². The maximum Gasteiger partial charge on any atom is 0.237 e. The number of benzene rings is 4. The van der Waals surface area contributed by atoms with Crippen molar-refractivity contribution >= 4 is 18.1 Å². The molecule has 4 nitrogen and oxygen atoms in total. The van der Waals surface area contributed by atoms with Crippen LogP contribution in [-0.2, 0) is 15.1 Å². The van der Waals surface area contributed by atoms with E-state index in [1.165, 1.54) is 4.90 Å². The van der Waals surface area contributed by atoms with Crippen molar-refractivity contribution < 1.29 is 14.4 Å². The molecule has 37 heavy (non-hydrogen) atoms. The number of amides is 2. The van der Waals surface area contributed by atoms with Crippen LogP contribution in [0.4, 0.5) is 0 Å². The molecular weight excluding hydrogens is 458 g/mol. The molecule has 1 unspecified atom stereocenters. The first kappa shape index (κ1) is 24.4. The summed E-state index contributed by atoms with van der Waals surface area (Å²) in [5.74, 6) is -0.656. The van der Waals surface area contributed by atoms with E-state index in [1.54, 1.807) is 12.1 Å². The van der Waals surface area contributed by atoms with Crippen molar-refractivity contribution in [1.29, 1.82) is 0 Å². The molecule has 4 heteroatoms. The molecule has 1 saturated heterocycles. The summed E-state index contributed by atoms with van der Waals surface area (Å²) in [6.45, 7) is 3.87. The second-order valence-corrected chi connectivity index (χ2v) is 9.94. The van der Waals surface area contributed by atoms with Gasteiger partial charge in [-0.2, -0.15) is 0 Å². The number of rotatable bonds is 7. The van der Waals surface area contributed by atoms with Crippen molar-refractivity contribution in [1.82, 2.24) is 4.90 Å². The third kappa shape index (κ3) is 3.89. The van der Waals surface area contributed by atoms with Gasteiger partial charge in [0.15, 0.2) is 0 Å². The summed E-state index contributed by atoms with van der Waals surface area (Å²) in [5, 5.41) is 0. The van der Waals surface area contributed by atoms with Gasteiger partial charge in [-0.05, 0) is 35.1 Å². The van der Waals surface area contributed by atoms with Gasteiger partial charge in [0.05, 0.1) is 5.41 Å². The first-order valence-corrected chi connectivity index (χ1v) is 12.5. The van der Waals surface area contributed by atoms with Crippen LogP contribution in [-0.4, -0.2) is 23.0 Å². The smallest absolute Gasteiger partial charge is 0.237 e. The van der Waals surface area contributed by atoms with Crippen molar-refractivity contribution in [3.63, 3.8) is 0 Å². The van der Waals surface area contributed by atoms with Gasteiger partial charge >= 0.3 is 0 Å². The summed E-state index contributed by atoms with van der Waals surface area (Å²) in [6.07, 6.45) is 0.896. The molecule has 1 aliphatic rings. The Hall–Kier alpha value is -4.31. The zero-order valence-electron chi connectivity index (χ0n) is 21.0. The van der Waals surface area contributed by atoms with Crippen LogP contribution in [0.3, 0.4) is 0 Å². The fraction of sp³-hybridized carbons (Fsp3) is 0.182. The summed E-state index contributed by atoms with van der Waals surface area (Å²) in [7, 11) is 0. The first-order chi connectivity index (χ1) is 17.9. The Bertz CT molecular complexity index is 1320. The standard InChI is InChI=1S/C33H29NO3/c1-24(26-20-18-25(23-35)19-21-26)32(2)22-30(36)34(31(32)37)33(27-12-6-3-7-13-27,28-14-8-4-9-15-28)29-16-10-5-11-17-29/h3-21,23-24H,22H2,1-2H3/t24?,32-/m0/s1. The average molecular weight is 488 g/mol. The largest absolute Gasteiger partial charge is 0.298 e. The molecule has 0 radical (unpaired) electrons. The monoisotopic (exact) mass is 487 g/mol. The lowest BCUT2D eigenvalue weighted by molar-refractivity contribution is -0.146. The average Bonchev–Trinajstić information content (AvgIpc) is 3.19. The molecule has 0 aromatic heterocycles. The molecule has 2 atom stereocenters. The maximum absolute atomic E-state index is 14.6. The fourth-order valence-electron chi connectivity index (χ4n) is 5.67. The highest BCUT2D eigenvalue weighted by molar-refractivity contribution is 6.08. The van der Waals surface area contributed by atoms with Gasteiger partial charge in [-0.25, -0.2) is 0 Å². The van der Waals surface area contributed by atoms with Crippen LogP contribution in [0.25, 0.3) is 0 Å². The first-order valence-electron chi connectivity index (χ1n) is 12.5. The summed E-state index contributed by atoms with van der Waals surface area (Å²) in [4.78, 5) is 41.3. The number of hydrogen-bond acceptors (Lipinski definition) is 3. The van der Waals surface area contributed by atoms with Crippen LogP contribution in [0.1, 0.15) is 58.8 Å². The van der Waals surface area contributed by atoms with Gasteiger partial charge in [-0.3, -0.25) is 19.3 Å². The minimum absolute atomic E-state index is 0.0939. The number of carbonyl (C=O) groups excluding carboxylic acids is 3. The minimum atomic E-state index is -1.13. The number of hydrogen-bond donors (Lipinski definition) is 0. The molecule has 4 aromatic rings. The highest BCUT2D eigenvalue weighted by Gasteiger charge is 2.59. The van der Waals surface area contributed by atoms with Crippen LogP contribution in [0, 0.1) is 5.41 Å². The number of nitrogens with zero attached hydrogens (tertiary/aromatic N) is 1. The van der Waals surface area contributed by atoms with Gasteiger partial charge in [0.25, 0.3) is 0 Å². The summed E-state index contributed by atoms with van der Waals surface area (Å²) in [6, 6.07) is 36.6. The number of aldehydes is 1. The van der Waals surface area contributed by atoms with Crippen molar-refractivity contribution in [2.24, 2.45) is 5.41 Å². The summed E-state index contributed by atoms with van der Waals surface area (Å²) < 4.78 is 0. The lowest BCUT2D eigenvalue weighted by Crippen LogP contribution is -2.52. The number of carbonyl (C=O) groups is 3. The van der Waals surface area contributed by atoms with Crippen molar-refractivity contribution in [3.8, 4) is 0 Å². The summed E-state index contributed by atoms with van der Waals surface area (Å²) in [5.41, 5.74) is 1.96. The molecule has 1 fully saturated rings. The second-order valence-electron chi connectivity index (χ2n) is 9.94. The molecule has 0 N–H and O–H groups in total. The highest BCUT2D eigenvalue weighted by Crippen LogP contribution is 2.52. The van der Waals surface area contributed by atoms with Gasteiger partial charge in [-0.15, -0.1) is 0 Å². The second kappa shape index (κ2) is 9.62. The number of likely N-dealkylation sites (tertiary alicyclic amines) is 1. The lowest BCUT2D eigenvalue weighted by atomic mass is 9.72. The Morgan fingerprint density at radius 3 is 1.57 bits per heavy atom. The topological polar surface area (TPSA) is 54.5 Å². The quantitative estimate of drug-likeness (QED) is 0.173. The Labute approximate surface area is 217 Å². The maximum atomic E-state index is 14.6.